The fraction of sp³-hybridized carbons (Fsp3) is 0.286. The number of methoxy groups -OCH3 is 1. The fourth-order valence-corrected chi connectivity index (χ4v) is 4.56. The van der Waals surface area contributed by atoms with E-state index in [-0.39, 0.29) is 11.6 Å². The number of nitrogens with zero attached hydrogens (tertiary/aromatic N) is 1. The van der Waals surface area contributed by atoms with Crippen LogP contribution in [0.4, 0.5) is 5.69 Å². The van der Waals surface area contributed by atoms with Crippen molar-refractivity contribution in [2.45, 2.75) is 25.4 Å². The van der Waals surface area contributed by atoms with Crippen molar-refractivity contribution in [3.8, 4) is 10.4 Å². The van der Waals surface area contributed by atoms with E-state index in [1.165, 1.54) is 22.7 Å². The average molecular weight is 366 g/mol. The summed E-state index contributed by atoms with van der Waals surface area (Å²) >= 11 is 1.51. The summed E-state index contributed by atoms with van der Waals surface area (Å²) in [5.74, 6) is 0. The molecular weight excluding hydrogens is 344 g/mol. The monoisotopic (exact) mass is 366 g/mol. The van der Waals surface area contributed by atoms with Crippen LogP contribution >= 0.6 is 11.5 Å². The van der Waals surface area contributed by atoms with E-state index in [9.17, 15) is 4.79 Å². The maximum absolute atomic E-state index is 13.0. The predicted molar refractivity (Wildman–Crippen MR) is 107 cm³/mol. The highest BCUT2D eigenvalue weighted by molar-refractivity contribution is 7.10. The molecule has 4 nitrogen and oxygen atoms in total. The van der Waals surface area contributed by atoms with Crippen molar-refractivity contribution in [3.05, 3.63) is 76.1 Å². The van der Waals surface area contributed by atoms with Crippen LogP contribution in [0.2, 0.25) is 0 Å². The Morgan fingerprint density at radius 2 is 1.73 bits per heavy atom. The molecule has 1 N–H and O–H groups in total. The quantitative estimate of drug-likeness (QED) is 0.722. The van der Waals surface area contributed by atoms with E-state index in [2.05, 4.69) is 41.7 Å². The van der Waals surface area contributed by atoms with E-state index in [1.807, 2.05) is 18.2 Å². The average Bonchev–Trinajstić information content (AvgIpc) is 3.22. The SMILES string of the molecule is COCCn1sc(-c2ccccc2)c(NC2Cc3ccccc3C2)c1=O. The van der Waals surface area contributed by atoms with Crippen LogP contribution in [0.25, 0.3) is 10.4 Å². The van der Waals surface area contributed by atoms with Gasteiger partial charge in [-0.3, -0.25) is 8.75 Å². The largest absolute Gasteiger partial charge is 0.383 e. The molecule has 0 saturated carbocycles. The minimum atomic E-state index is 0.0434. The number of aromatic nitrogens is 1. The maximum atomic E-state index is 13.0. The summed E-state index contributed by atoms with van der Waals surface area (Å²) in [5.41, 5.74) is 4.59. The van der Waals surface area contributed by atoms with Gasteiger partial charge in [-0.15, -0.1) is 0 Å². The molecule has 0 unspecified atom stereocenters. The first kappa shape index (κ1) is 17.1. The number of benzene rings is 2. The molecule has 1 aliphatic carbocycles. The van der Waals surface area contributed by atoms with Gasteiger partial charge in [0.1, 0.15) is 5.69 Å². The molecular formula is C21H22N2O2S. The fourth-order valence-electron chi connectivity index (χ4n) is 3.52. The molecule has 134 valence electrons. The van der Waals surface area contributed by atoms with E-state index in [1.54, 1.807) is 11.1 Å². The molecule has 0 atom stereocenters. The first-order valence-corrected chi connectivity index (χ1v) is 9.65. The van der Waals surface area contributed by atoms with Crippen molar-refractivity contribution < 1.29 is 4.74 Å². The van der Waals surface area contributed by atoms with Crippen LogP contribution < -0.4 is 10.9 Å². The number of fused-ring (bicyclic) bond motifs is 1. The summed E-state index contributed by atoms with van der Waals surface area (Å²) in [5, 5.41) is 3.56. The molecule has 0 amide bonds. The minimum absolute atomic E-state index is 0.0434. The standard InChI is InChI=1S/C21H22N2O2S/c1-25-12-11-23-21(24)19(20(26-23)15-7-3-2-4-8-15)22-18-13-16-9-5-6-10-17(16)14-18/h2-10,18,22H,11-14H2,1H3. The van der Waals surface area contributed by atoms with Crippen LogP contribution in [0.5, 0.6) is 0 Å². The van der Waals surface area contributed by atoms with E-state index in [0.717, 1.165) is 29.0 Å². The second kappa shape index (κ2) is 7.48. The molecule has 1 aromatic heterocycles. The van der Waals surface area contributed by atoms with Gasteiger partial charge < -0.3 is 10.1 Å². The van der Waals surface area contributed by atoms with Gasteiger partial charge in [0, 0.05) is 13.2 Å². The van der Waals surface area contributed by atoms with Crippen LogP contribution in [0.1, 0.15) is 11.1 Å². The third kappa shape index (κ3) is 3.32. The van der Waals surface area contributed by atoms with Crippen molar-refractivity contribution >= 4 is 17.2 Å². The molecule has 0 spiro atoms. The van der Waals surface area contributed by atoms with Gasteiger partial charge in [-0.1, -0.05) is 66.1 Å². The van der Waals surface area contributed by atoms with Gasteiger partial charge in [-0.05, 0) is 29.5 Å². The smallest absolute Gasteiger partial charge is 0.284 e. The highest BCUT2D eigenvalue weighted by Gasteiger charge is 2.24. The second-order valence-corrected chi connectivity index (χ2v) is 7.61. The molecule has 1 aliphatic rings. The number of anilines is 1. The van der Waals surface area contributed by atoms with Crippen LogP contribution in [0, 0.1) is 0 Å². The number of nitrogens with one attached hydrogen (secondary N) is 1. The third-order valence-corrected chi connectivity index (χ3v) is 5.99. The van der Waals surface area contributed by atoms with Crippen molar-refractivity contribution in [3.63, 3.8) is 0 Å². The number of hydrogen-bond donors (Lipinski definition) is 1. The van der Waals surface area contributed by atoms with Crippen molar-refractivity contribution in [1.29, 1.82) is 0 Å². The van der Waals surface area contributed by atoms with Crippen molar-refractivity contribution in [2.75, 3.05) is 19.0 Å². The van der Waals surface area contributed by atoms with Gasteiger partial charge in [0.15, 0.2) is 0 Å². The number of ether oxygens (including phenoxy) is 1. The molecule has 0 aliphatic heterocycles. The van der Waals surface area contributed by atoms with Gasteiger partial charge in [0.2, 0.25) is 0 Å². The molecule has 0 radical (unpaired) electrons. The second-order valence-electron chi connectivity index (χ2n) is 6.58. The summed E-state index contributed by atoms with van der Waals surface area (Å²) in [4.78, 5) is 14.0. The summed E-state index contributed by atoms with van der Waals surface area (Å²) in [7, 11) is 1.66. The lowest BCUT2D eigenvalue weighted by Gasteiger charge is -2.13. The van der Waals surface area contributed by atoms with Gasteiger partial charge >= 0.3 is 0 Å². The van der Waals surface area contributed by atoms with Gasteiger partial charge in [0.05, 0.1) is 18.0 Å². The highest BCUT2D eigenvalue weighted by atomic mass is 32.1. The molecule has 0 saturated heterocycles. The minimum Gasteiger partial charge on any atom is -0.383 e. The summed E-state index contributed by atoms with van der Waals surface area (Å²) in [6.07, 6.45) is 1.91. The van der Waals surface area contributed by atoms with E-state index in [4.69, 9.17) is 4.74 Å². The normalized spacial score (nSPS) is 13.7. The Morgan fingerprint density at radius 1 is 1.08 bits per heavy atom. The molecule has 2 aromatic carbocycles. The lowest BCUT2D eigenvalue weighted by atomic mass is 10.1. The Labute approximate surface area is 157 Å². The van der Waals surface area contributed by atoms with E-state index >= 15 is 0 Å². The maximum Gasteiger partial charge on any atom is 0.284 e. The Kier molecular flexibility index (Phi) is 4.91. The van der Waals surface area contributed by atoms with E-state index in [0.29, 0.717) is 13.2 Å². The lowest BCUT2D eigenvalue weighted by Crippen LogP contribution is -2.26. The third-order valence-electron chi connectivity index (χ3n) is 4.80. The molecule has 3 aromatic rings. The van der Waals surface area contributed by atoms with Gasteiger partial charge in [0.25, 0.3) is 5.56 Å². The summed E-state index contributed by atoms with van der Waals surface area (Å²) in [6, 6.07) is 18.9. The molecule has 4 rings (SSSR count). The van der Waals surface area contributed by atoms with Gasteiger partial charge in [-0.25, -0.2) is 0 Å². The first-order valence-electron chi connectivity index (χ1n) is 8.88. The van der Waals surface area contributed by atoms with Crippen molar-refractivity contribution in [1.82, 2.24) is 3.96 Å². The van der Waals surface area contributed by atoms with E-state index < -0.39 is 0 Å². The molecule has 0 fully saturated rings. The lowest BCUT2D eigenvalue weighted by molar-refractivity contribution is 0.189. The predicted octanol–water partition coefficient (Wildman–Crippen LogP) is 3.80. The zero-order valence-electron chi connectivity index (χ0n) is 14.8. The number of hydrogen-bond acceptors (Lipinski definition) is 4. The Morgan fingerprint density at radius 3 is 2.38 bits per heavy atom. The van der Waals surface area contributed by atoms with Gasteiger partial charge in [-0.2, -0.15) is 0 Å². The highest BCUT2D eigenvalue weighted by Crippen LogP contribution is 2.32. The molecule has 26 heavy (non-hydrogen) atoms. The van der Waals surface area contributed by atoms with Crippen LogP contribution in [-0.4, -0.2) is 23.7 Å². The Balaban J connectivity index is 1.66. The topological polar surface area (TPSA) is 43.3 Å². The number of rotatable bonds is 6. The Bertz CT molecular complexity index is 921. The Hall–Kier alpha value is -2.37. The zero-order chi connectivity index (χ0) is 17.9. The van der Waals surface area contributed by atoms with Crippen LogP contribution in [-0.2, 0) is 24.1 Å². The molecule has 1 heterocycles. The van der Waals surface area contributed by atoms with Crippen molar-refractivity contribution in [2.24, 2.45) is 0 Å². The van der Waals surface area contributed by atoms with Crippen LogP contribution in [0.3, 0.4) is 0 Å². The zero-order valence-corrected chi connectivity index (χ0v) is 15.6. The molecule has 0 bridgehead atoms. The first-order chi connectivity index (χ1) is 12.8. The molecule has 5 heteroatoms. The summed E-state index contributed by atoms with van der Waals surface area (Å²) in [6.45, 7) is 1.11. The summed E-state index contributed by atoms with van der Waals surface area (Å²) < 4.78 is 6.95. The van der Waals surface area contributed by atoms with Crippen LogP contribution in [0.15, 0.2) is 59.4 Å².